The van der Waals surface area contributed by atoms with Crippen LogP contribution in [0.5, 0.6) is 0 Å². The largest absolute Gasteiger partial charge is 0.396 e. The van der Waals surface area contributed by atoms with E-state index in [9.17, 15) is 0 Å². The summed E-state index contributed by atoms with van der Waals surface area (Å²) in [5.41, 5.74) is 0.949. The van der Waals surface area contributed by atoms with Gasteiger partial charge in [0.25, 0.3) is 0 Å². The van der Waals surface area contributed by atoms with Crippen molar-refractivity contribution in [3.05, 3.63) is 23.8 Å². The van der Waals surface area contributed by atoms with E-state index in [1.54, 1.807) is 0 Å². The van der Waals surface area contributed by atoms with Gasteiger partial charge in [0.1, 0.15) is 0 Å². The van der Waals surface area contributed by atoms with Crippen molar-refractivity contribution in [3.8, 4) is 0 Å². The first kappa shape index (κ1) is 7.51. The number of hydrogen-bond donors (Lipinski definition) is 2. The van der Waals surface area contributed by atoms with E-state index >= 15 is 0 Å². The van der Waals surface area contributed by atoms with Gasteiger partial charge in [-0.1, -0.05) is 18.2 Å². The molecular formula is C8H12O2. The number of hydrogen-bond acceptors (Lipinski definition) is 2. The first-order chi connectivity index (χ1) is 4.86. The quantitative estimate of drug-likeness (QED) is 0.585. The number of allylic oxidation sites excluding steroid dienone is 1. The van der Waals surface area contributed by atoms with Crippen LogP contribution in [0.1, 0.15) is 6.42 Å². The number of aliphatic hydroxyl groups excluding tert-OH is 2. The van der Waals surface area contributed by atoms with Crippen LogP contribution < -0.4 is 0 Å². The van der Waals surface area contributed by atoms with Gasteiger partial charge in [-0.05, 0) is 12.0 Å². The Labute approximate surface area is 60.5 Å². The van der Waals surface area contributed by atoms with Crippen LogP contribution in [0.25, 0.3) is 0 Å². The van der Waals surface area contributed by atoms with Gasteiger partial charge in [0.15, 0.2) is 0 Å². The summed E-state index contributed by atoms with van der Waals surface area (Å²) in [4.78, 5) is 0. The summed E-state index contributed by atoms with van der Waals surface area (Å²) in [5, 5.41) is 17.4. The molecule has 1 atom stereocenters. The Kier molecular flexibility index (Phi) is 2.66. The molecule has 2 nitrogen and oxygen atoms in total. The average molecular weight is 140 g/mol. The first-order valence-corrected chi connectivity index (χ1v) is 3.45. The van der Waals surface area contributed by atoms with Crippen LogP contribution in [0, 0.1) is 5.92 Å². The molecule has 1 unspecified atom stereocenters. The molecule has 0 bridgehead atoms. The van der Waals surface area contributed by atoms with Gasteiger partial charge in [0.2, 0.25) is 0 Å². The Morgan fingerprint density at radius 3 is 2.70 bits per heavy atom. The molecule has 2 N–H and O–H groups in total. The molecule has 0 aromatic carbocycles. The maximum Gasteiger partial charge on any atom is 0.0678 e. The molecule has 1 aliphatic carbocycles. The Morgan fingerprint density at radius 1 is 1.50 bits per heavy atom. The predicted molar refractivity (Wildman–Crippen MR) is 39.5 cm³/mol. The Morgan fingerprint density at radius 2 is 2.30 bits per heavy atom. The van der Waals surface area contributed by atoms with Crippen LogP contribution in [0.4, 0.5) is 0 Å². The first-order valence-electron chi connectivity index (χ1n) is 3.45. The minimum Gasteiger partial charge on any atom is -0.396 e. The molecule has 0 spiro atoms. The van der Waals surface area contributed by atoms with Gasteiger partial charge in [-0.25, -0.2) is 0 Å². The molecule has 1 aliphatic rings. The molecule has 0 saturated heterocycles. The standard InChI is InChI=1S/C8H12O2/c9-5-7-1-2-8(6-10)4-3-7/h1-3,8-10H,4-6H2. The lowest BCUT2D eigenvalue weighted by Crippen LogP contribution is -2.05. The van der Waals surface area contributed by atoms with Crippen molar-refractivity contribution in [2.45, 2.75) is 6.42 Å². The second kappa shape index (κ2) is 3.54. The third-order valence-electron chi connectivity index (χ3n) is 1.68. The fourth-order valence-electron chi connectivity index (χ4n) is 0.962. The van der Waals surface area contributed by atoms with E-state index in [0.717, 1.165) is 12.0 Å². The number of rotatable bonds is 2. The second-order valence-electron chi connectivity index (χ2n) is 2.47. The summed E-state index contributed by atoms with van der Waals surface area (Å²) in [5.74, 6) is 0.260. The molecule has 0 radical (unpaired) electrons. The molecule has 56 valence electrons. The molecule has 0 saturated carbocycles. The lowest BCUT2D eigenvalue weighted by Gasteiger charge is -2.11. The molecule has 10 heavy (non-hydrogen) atoms. The van der Waals surface area contributed by atoms with Crippen LogP contribution in [0.2, 0.25) is 0 Å². The smallest absolute Gasteiger partial charge is 0.0678 e. The fraction of sp³-hybridized carbons (Fsp3) is 0.500. The highest BCUT2D eigenvalue weighted by atomic mass is 16.3. The van der Waals surface area contributed by atoms with E-state index in [1.165, 1.54) is 0 Å². The lowest BCUT2D eigenvalue weighted by molar-refractivity contribution is 0.252. The summed E-state index contributed by atoms with van der Waals surface area (Å²) in [6.07, 6.45) is 6.61. The fourth-order valence-corrected chi connectivity index (χ4v) is 0.962. The van der Waals surface area contributed by atoms with E-state index in [4.69, 9.17) is 10.2 Å². The molecule has 0 aromatic rings. The lowest BCUT2D eigenvalue weighted by atomic mass is 9.98. The molecule has 0 aromatic heterocycles. The third-order valence-corrected chi connectivity index (χ3v) is 1.68. The van der Waals surface area contributed by atoms with Gasteiger partial charge in [0, 0.05) is 12.5 Å². The highest BCUT2D eigenvalue weighted by Crippen LogP contribution is 2.14. The van der Waals surface area contributed by atoms with Crippen molar-refractivity contribution in [1.82, 2.24) is 0 Å². The van der Waals surface area contributed by atoms with Crippen molar-refractivity contribution < 1.29 is 10.2 Å². The van der Waals surface area contributed by atoms with Crippen molar-refractivity contribution in [1.29, 1.82) is 0 Å². The van der Waals surface area contributed by atoms with Crippen LogP contribution in [-0.4, -0.2) is 23.4 Å². The van der Waals surface area contributed by atoms with Crippen molar-refractivity contribution in [3.63, 3.8) is 0 Å². The van der Waals surface area contributed by atoms with Crippen LogP contribution in [-0.2, 0) is 0 Å². The van der Waals surface area contributed by atoms with Gasteiger partial charge in [-0.15, -0.1) is 0 Å². The van der Waals surface area contributed by atoms with E-state index in [2.05, 4.69) is 0 Å². The molecule has 2 heteroatoms. The zero-order valence-electron chi connectivity index (χ0n) is 5.83. The highest BCUT2D eigenvalue weighted by molar-refractivity contribution is 5.23. The highest BCUT2D eigenvalue weighted by Gasteiger charge is 2.05. The second-order valence-corrected chi connectivity index (χ2v) is 2.47. The van der Waals surface area contributed by atoms with Crippen molar-refractivity contribution >= 4 is 0 Å². The van der Waals surface area contributed by atoms with E-state index in [0.29, 0.717) is 0 Å². The maximum absolute atomic E-state index is 8.71. The third kappa shape index (κ3) is 1.69. The summed E-state index contributed by atoms with van der Waals surface area (Å²) >= 11 is 0. The number of aliphatic hydroxyl groups is 2. The van der Waals surface area contributed by atoms with Crippen molar-refractivity contribution in [2.75, 3.05) is 13.2 Å². The topological polar surface area (TPSA) is 40.5 Å². The predicted octanol–water partition coefficient (Wildman–Crippen LogP) is 0.473. The zero-order valence-corrected chi connectivity index (χ0v) is 5.83. The molecule has 0 fully saturated rings. The van der Waals surface area contributed by atoms with Crippen LogP contribution in [0.15, 0.2) is 23.8 Å². The van der Waals surface area contributed by atoms with Gasteiger partial charge in [-0.2, -0.15) is 0 Å². The SMILES string of the molecule is OCC1=CCC(CO)C=C1. The Balaban J connectivity index is 2.46. The Bertz CT molecular complexity index is 159. The zero-order chi connectivity index (χ0) is 7.40. The minimum atomic E-state index is 0.106. The monoisotopic (exact) mass is 140 g/mol. The molecule has 0 heterocycles. The van der Waals surface area contributed by atoms with Gasteiger partial charge in [-0.3, -0.25) is 0 Å². The average Bonchev–Trinajstić information content (AvgIpc) is 2.05. The molecule has 0 amide bonds. The summed E-state index contributed by atoms with van der Waals surface area (Å²) < 4.78 is 0. The van der Waals surface area contributed by atoms with Crippen LogP contribution >= 0.6 is 0 Å². The van der Waals surface area contributed by atoms with E-state index < -0.39 is 0 Å². The molecular weight excluding hydrogens is 128 g/mol. The minimum absolute atomic E-state index is 0.106. The van der Waals surface area contributed by atoms with Crippen LogP contribution in [0.3, 0.4) is 0 Å². The van der Waals surface area contributed by atoms with Crippen molar-refractivity contribution in [2.24, 2.45) is 5.92 Å². The maximum atomic E-state index is 8.71. The summed E-state index contributed by atoms with van der Waals surface area (Å²) in [6.45, 7) is 0.306. The van der Waals surface area contributed by atoms with Gasteiger partial charge >= 0.3 is 0 Å². The van der Waals surface area contributed by atoms with E-state index in [1.807, 2.05) is 18.2 Å². The normalized spacial score (nSPS) is 24.6. The summed E-state index contributed by atoms with van der Waals surface area (Å²) in [6, 6.07) is 0. The van der Waals surface area contributed by atoms with Gasteiger partial charge in [0.05, 0.1) is 6.61 Å². The summed E-state index contributed by atoms with van der Waals surface area (Å²) in [7, 11) is 0. The molecule has 0 aliphatic heterocycles. The van der Waals surface area contributed by atoms with E-state index in [-0.39, 0.29) is 19.1 Å². The molecule has 1 rings (SSSR count). The van der Waals surface area contributed by atoms with Gasteiger partial charge < -0.3 is 10.2 Å². The Hall–Kier alpha value is -0.600.